The minimum absolute atomic E-state index is 0.0978. The fourth-order valence-corrected chi connectivity index (χ4v) is 1.30. The summed E-state index contributed by atoms with van der Waals surface area (Å²) in [5.74, 6) is 0. The fraction of sp³-hybridized carbons (Fsp3) is 0.857. The van der Waals surface area contributed by atoms with Gasteiger partial charge in [0.25, 0.3) is 0 Å². The topological polar surface area (TPSA) is 35.8 Å². The number of rotatable bonds is 0. The van der Waals surface area contributed by atoms with Gasteiger partial charge < -0.3 is 5.32 Å². The third kappa shape index (κ3) is 1.22. The molecule has 0 spiro atoms. The van der Waals surface area contributed by atoms with Crippen LogP contribution in [0, 0.1) is 16.7 Å². The molecule has 1 N–H and O–H groups in total. The molecule has 2 unspecified atom stereocenters. The van der Waals surface area contributed by atoms with Crippen molar-refractivity contribution in [2.24, 2.45) is 5.41 Å². The Bertz CT molecular complexity index is 147. The van der Waals surface area contributed by atoms with Gasteiger partial charge in [0, 0.05) is 12.6 Å². The Balaban J connectivity index is 2.58. The van der Waals surface area contributed by atoms with Crippen LogP contribution in [0.2, 0.25) is 0 Å². The monoisotopic (exact) mass is 124 g/mol. The zero-order valence-corrected chi connectivity index (χ0v) is 5.94. The number of hydrogen-bond acceptors (Lipinski definition) is 2. The molecule has 1 heterocycles. The molecule has 9 heavy (non-hydrogen) atoms. The zero-order chi connectivity index (χ0) is 6.91. The van der Waals surface area contributed by atoms with Gasteiger partial charge in [-0.25, -0.2) is 0 Å². The molecule has 2 nitrogen and oxygen atoms in total. The minimum Gasteiger partial charge on any atom is -0.313 e. The molecule has 0 saturated carbocycles. The van der Waals surface area contributed by atoms with Crippen LogP contribution in [0.1, 0.15) is 20.3 Å². The van der Waals surface area contributed by atoms with Gasteiger partial charge in [-0.3, -0.25) is 0 Å². The predicted molar refractivity (Wildman–Crippen MR) is 35.8 cm³/mol. The normalized spacial score (nSPS) is 42.6. The van der Waals surface area contributed by atoms with Gasteiger partial charge in [0.1, 0.15) is 0 Å². The van der Waals surface area contributed by atoms with Gasteiger partial charge in [-0.1, -0.05) is 0 Å². The molecule has 0 radical (unpaired) electrons. The fourth-order valence-electron chi connectivity index (χ4n) is 1.30. The molecule has 50 valence electrons. The summed E-state index contributed by atoms with van der Waals surface area (Å²) in [6, 6.07) is 2.83. The van der Waals surface area contributed by atoms with Crippen molar-refractivity contribution in [3.63, 3.8) is 0 Å². The summed E-state index contributed by atoms with van der Waals surface area (Å²) in [6.07, 6.45) is 0.990. The molecular weight excluding hydrogens is 112 g/mol. The summed E-state index contributed by atoms with van der Waals surface area (Å²) in [7, 11) is 0. The van der Waals surface area contributed by atoms with Crippen LogP contribution in [0.5, 0.6) is 0 Å². The van der Waals surface area contributed by atoms with Crippen molar-refractivity contribution in [1.29, 1.82) is 5.26 Å². The van der Waals surface area contributed by atoms with Crippen molar-refractivity contribution in [3.05, 3.63) is 0 Å². The Hall–Kier alpha value is -0.550. The third-order valence-electron chi connectivity index (χ3n) is 1.87. The maximum absolute atomic E-state index is 8.65. The lowest BCUT2D eigenvalue weighted by Crippen LogP contribution is -2.19. The van der Waals surface area contributed by atoms with E-state index in [2.05, 4.69) is 18.3 Å². The molecule has 0 bridgehead atoms. The molecule has 1 aliphatic rings. The highest BCUT2D eigenvalue weighted by Gasteiger charge is 2.32. The first-order chi connectivity index (χ1) is 4.16. The molecule has 2 heteroatoms. The van der Waals surface area contributed by atoms with Crippen molar-refractivity contribution in [3.8, 4) is 6.07 Å². The average molecular weight is 124 g/mol. The van der Waals surface area contributed by atoms with E-state index in [4.69, 9.17) is 5.26 Å². The second kappa shape index (κ2) is 2.00. The van der Waals surface area contributed by atoms with Crippen molar-refractivity contribution in [2.45, 2.75) is 26.3 Å². The maximum atomic E-state index is 8.65. The lowest BCUT2D eigenvalue weighted by atomic mass is 9.90. The van der Waals surface area contributed by atoms with E-state index >= 15 is 0 Å². The molecule has 0 amide bonds. The Morgan fingerprint density at radius 1 is 1.78 bits per heavy atom. The van der Waals surface area contributed by atoms with Crippen LogP contribution in [0.15, 0.2) is 0 Å². The highest BCUT2D eigenvalue weighted by molar-refractivity contribution is 5.03. The largest absolute Gasteiger partial charge is 0.313 e. The molecule has 1 aliphatic heterocycles. The van der Waals surface area contributed by atoms with Crippen molar-refractivity contribution >= 4 is 0 Å². The third-order valence-corrected chi connectivity index (χ3v) is 1.87. The van der Waals surface area contributed by atoms with Crippen LogP contribution in [-0.4, -0.2) is 12.6 Å². The Kier molecular flexibility index (Phi) is 1.46. The van der Waals surface area contributed by atoms with E-state index in [1.54, 1.807) is 0 Å². The molecule has 2 atom stereocenters. The number of nitriles is 1. The van der Waals surface area contributed by atoms with Crippen molar-refractivity contribution < 1.29 is 0 Å². The molecule has 0 aromatic rings. The number of nitrogens with zero attached hydrogens (tertiary/aromatic N) is 1. The summed E-state index contributed by atoms with van der Waals surface area (Å²) in [4.78, 5) is 0. The predicted octanol–water partition coefficient (Wildman–Crippen LogP) is 0.898. The molecule has 0 aromatic heterocycles. The van der Waals surface area contributed by atoms with Crippen molar-refractivity contribution in [1.82, 2.24) is 5.32 Å². The summed E-state index contributed by atoms with van der Waals surface area (Å²) in [5.41, 5.74) is -0.0978. The first kappa shape index (κ1) is 6.57. The molecular formula is C7H12N2. The highest BCUT2D eigenvalue weighted by atomic mass is 15.0. The quantitative estimate of drug-likeness (QED) is 0.520. The molecule has 1 saturated heterocycles. The van der Waals surface area contributed by atoms with Gasteiger partial charge in [0.15, 0.2) is 0 Å². The van der Waals surface area contributed by atoms with Crippen LogP contribution in [0.25, 0.3) is 0 Å². The van der Waals surface area contributed by atoms with Crippen molar-refractivity contribution in [2.75, 3.05) is 6.54 Å². The lowest BCUT2D eigenvalue weighted by Gasteiger charge is -2.09. The second-order valence-corrected chi connectivity index (χ2v) is 3.16. The van der Waals surface area contributed by atoms with E-state index in [1.165, 1.54) is 0 Å². The Labute approximate surface area is 55.9 Å². The van der Waals surface area contributed by atoms with E-state index in [0.29, 0.717) is 6.04 Å². The van der Waals surface area contributed by atoms with E-state index in [-0.39, 0.29) is 5.41 Å². The summed E-state index contributed by atoms with van der Waals surface area (Å²) in [5, 5.41) is 11.9. The average Bonchev–Trinajstić information content (AvgIpc) is 2.13. The number of nitrogens with one attached hydrogen (secondary N) is 1. The number of hydrogen-bond donors (Lipinski definition) is 1. The molecule has 0 aliphatic carbocycles. The van der Waals surface area contributed by atoms with E-state index in [0.717, 1.165) is 13.0 Å². The Morgan fingerprint density at radius 3 is 2.67 bits per heavy atom. The van der Waals surface area contributed by atoms with E-state index in [1.807, 2.05) is 6.92 Å². The Morgan fingerprint density at radius 2 is 2.44 bits per heavy atom. The summed E-state index contributed by atoms with van der Waals surface area (Å²) in [6.45, 7) is 4.97. The van der Waals surface area contributed by atoms with Gasteiger partial charge in [-0.2, -0.15) is 5.26 Å². The molecule has 1 fully saturated rings. The van der Waals surface area contributed by atoms with Crippen LogP contribution in [-0.2, 0) is 0 Å². The van der Waals surface area contributed by atoms with Gasteiger partial charge in [-0.05, 0) is 20.3 Å². The lowest BCUT2D eigenvalue weighted by molar-refractivity contribution is 0.485. The second-order valence-electron chi connectivity index (χ2n) is 3.16. The van der Waals surface area contributed by atoms with Gasteiger partial charge in [0.05, 0.1) is 11.5 Å². The van der Waals surface area contributed by atoms with Gasteiger partial charge >= 0.3 is 0 Å². The van der Waals surface area contributed by atoms with Gasteiger partial charge in [0.2, 0.25) is 0 Å². The van der Waals surface area contributed by atoms with Crippen LogP contribution >= 0.6 is 0 Å². The van der Waals surface area contributed by atoms with Crippen LogP contribution in [0.3, 0.4) is 0 Å². The standard InChI is InChI=1S/C7H12N2/c1-6-3-7(2,4-8)5-9-6/h6,9H,3,5H2,1-2H3. The smallest absolute Gasteiger partial charge is 0.0700 e. The zero-order valence-electron chi connectivity index (χ0n) is 5.94. The first-order valence-corrected chi connectivity index (χ1v) is 3.31. The molecule has 0 aromatic carbocycles. The van der Waals surface area contributed by atoms with Crippen LogP contribution < -0.4 is 5.32 Å². The molecule has 1 rings (SSSR count). The van der Waals surface area contributed by atoms with Crippen LogP contribution in [0.4, 0.5) is 0 Å². The van der Waals surface area contributed by atoms with E-state index in [9.17, 15) is 0 Å². The van der Waals surface area contributed by atoms with Gasteiger partial charge in [-0.15, -0.1) is 0 Å². The highest BCUT2D eigenvalue weighted by Crippen LogP contribution is 2.26. The summed E-state index contributed by atoms with van der Waals surface area (Å²) < 4.78 is 0. The van der Waals surface area contributed by atoms with E-state index < -0.39 is 0 Å². The first-order valence-electron chi connectivity index (χ1n) is 3.31. The minimum atomic E-state index is -0.0978. The SMILES string of the molecule is CC1CC(C)(C#N)CN1. The summed E-state index contributed by atoms with van der Waals surface area (Å²) >= 11 is 0. The maximum Gasteiger partial charge on any atom is 0.0700 e.